The van der Waals surface area contributed by atoms with Gasteiger partial charge in [0.15, 0.2) is 11.0 Å². The maximum atomic E-state index is 12.1. The summed E-state index contributed by atoms with van der Waals surface area (Å²) in [5, 5.41) is 14.5. The van der Waals surface area contributed by atoms with Crippen molar-refractivity contribution in [2.24, 2.45) is 0 Å². The fourth-order valence-corrected chi connectivity index (χ4v) is 3.48. The van der Waals surface area contributed by atoms with Crippen molar-refractivity contribution in [2.75, 3.05) is 19.8 Å². The average molecular weight is 400 g/mol. The number of hydrogen-bond acceptors (Lipinski definition) is 5. The molecule has 3 N–H and O–H groups in total. The van der Waals surface area contributed by atoms with Crippen molar-refractivity contribution in [3.8, 4) is 0 Å². The van der Waals surface area contributed by atoms with Crippen molar-refractivity contribution in [3.63, 3.8) is 0 Å². The third-order valence-corrected chi connectivity index (χ3v) is 4.94. The Bertz CT molecular complexity index is 624. The number of carbonyl (C=O) groups is 2. The van der Waals surface area contributed by atoms with E-state index in [2.05, 4.69) is 53.3 Å². The molecule has 0 spiro atoms. The molecule has 0 unspecified atom stereocenters. The highest BCUT2D eigenvalue weighted by atomic mass is 32.2. The molecule has 1 atom stereocenters. The summed E-state index contributed by atoms with van der Waals surface area (Å²) < 4.78 is 2.12. The Morgan fingerprint density at radius 2 is 1.89 bits per heavy atom. The quantitative estimate of drug-likeness (QED) is 0.546. The molecule has 0 bridgehead atoms. The number of amides is 3. The van der Waals surface area contributed by atoms with E-state index in [4.69, 9.17) is 0 Å². The van der Waals surface area contributed by atoms with Crippen molar-refractivity contribution in [3.05, 3.63) is 5.82 Å². The highest BCUT2D eigenvalue weighted by Gasteiger charge is 2.25. The number of nitrogens with zero attached hydrogens (tertiary/aromatic N) is 3. The average Bonchev–Trinajstić information content (AvgIpc) is 2.92. The first-order valence-corrected chi connectivity index (χ1v) is 10.6. The normalized spacial score (nSPS) is 12.9. The van der Waals surface area contributed by atoms with Gasteiger partial charge >= 0.3 is 6.03 Å². The van der Waals surface area contributed by atoms with Gasteiger partial charge in [0.1, 0.15) is 6.04 Å². The van der Waals surface area contributed by atoms with Crippen LogP contribution in [-0.2, 0) is 11.3 Å². The molecule has 1 aromatic heterocycles. The van der Waals surface area contributed by atoms with E-state index >= 15 is 0 Å². The number of imide groups is 1. The van der Waals surface area contributed by atoms with Crippen LogP contribution in [0.25, 0.3) is 0 Å². The van der Waals surface area contributed by atoms with Crippen LogP contribution in [0, 0.1) is 0 Å². The van der Waals surface area contributed by atoms with Gasteiger partial charge in [-0.05, 0) is 27.2 Å². The molecule has 154 valence electrons. The van der Waals surface area contributed by atoms with Crippen LogP contribution in [0.15, 0.2) is 5.16 Å². The van der Waals surface area contributed by atoms with Gasteiger partial charge in [0.2, 0.25) is 5.91 Å². The van der Waals surface area contributed by atoms with Gasteiger partial charge in [-0.2, -0.15) is 0 Å². The molecule has 0 radical (unpaired) electrons. The van der Waals surface area contributed by atoms with Crippen molar-refractivity contribution in [1.82, 2.24) is 25.4 Å². The van der Waals surface area contributed by atoms with Gasteiger partial charge in [0, 0.05) is 18.5 Å². The van der Waals surface area contributed by atoms with Crippen molar-refractivity contribution in [1.29, 1.82) is 0 Å². The number of nitrogens with one attached hydrogen (secondary N) is 3. The molecule has 1 rings (SSSR count). The number of urea groups is 1. The lowest BCUT2D eigenvalue weighted by molar-refractivity contribution is -0.893. The topological polar surface area (TPSA) is 93.4 Å². The Balaban J connectivity index is 2.80. The van der Waals surface area contributed by atoms with E-state index in [1.165, 1.54) is 16.7 Å². The number of quaternary nitrogens is 1. The predicted octanol–water partition coefficient (Wildman–Crippen LogP) is 1.39. The zero-order valence-corrected chi connectivity index (χ0v) is 18.5. The molecule has 27 heavy (non-hydrogen) atoms. The third-order valence-electron chi connectivity index (χ3n) is 3.97. The minimum atomic E-state index is -0.483. The fourth-order valence-electron chi connectivity index (χ4n) is 2.70. The number of carbonyl (C=O) groups excluding carboxylic acids is 2. The second-order valence-corrected chi connectivity index (χ2v) is 8.87. The number of rotatable bonds is 9. The maximum Gasteiger partial charge on any atom is 0.321 e. The number of aromatic nitrogens is 3. The van der Waals surface area contributed by atoms with Gasteiger partial charge in [-0.15, -0.1) is 10.2 Å². The van der Waals surface area contributed by atoms with Gasteiger partial charge in [0.05, 0.1) is 19.8 Å². The molecular weight excluding hydrogens is 364 g/mol. The Morgan fingerprint density at radius 1 is 1.22 bits per heavy atom. The van der Waals surface area contributed by atoms with Crippen molar-refractivity contribution < 1.29 is 14.5 Å². The lowest BCUT2D eigenvalue weighted by atomic mass is 10.1. The zero-order chi connectivity index (χ0) is 20.6. The molecule has 0 saturated carbocycles. The third kappa shape index (κ3) is 7.88. The number of hydrogen-bond donors (Lipinski definition) is 3. The van der Waals surface area contributed by atoms with Crippen LogP contribution < -0.4 is 15.5 Å². The molecule has 0 aromatic carbocycles. The summed E-state index contributed by atoms with van der Waals surface area (Å²) in [4.78, 5) is 25.2. The summed E-state index contributed by atoms with van der Waals surface area (Å²) >= 11 is 1.31. The van der Waals surface area contributed by atoms with E-state index in [0.717, 1.165) is 36.8 Å². The van der Waals surface area contributed by atoms with Gasteiger partial charge in [-0.25, -0.2) is 4.79 Å². The standard InChI is InChI=1S/C18H34N6O2S/c1-8-10-11-24-15(13(9-2)23(6)7)21-22-17(24)27-12-14(25)19-16(26)20-18(3,4)5/h13H,8-12H2,1-7H3,(H2,19,20,25,26)/p+1/t13-/m0/s1. The van der Waals surface area contributed by atoms with Gasteiger partial charge in [0.25, 0.3) is 0 Å². The molecule has 0 aliphatic heterocycles. The highest BCUT2D eigenvalue weighted by Crippen LogP contribution is 2.21. The predicted molar refractivity (Wildman–Crippen MR) is 108 cm³/mol. The largest absolute Gasteiger partial charge is 0.333 e. The molecule has 3 amide bonds. The highest BCUT2D eigenvalue weighted by molar-refractivity contribution is 7.99. The van der Waals surface area contributed by atoms with E-state index in [1.807, 2.05) is 20.8 Å². The Kier molecular flexibility index (Phi) is 9.25. The van der Waals surface area contributed by atoms with Crippen LogP contribution >= 0.6 is 11.8 Å². The molecule has 0 aliphatic rings. The van der Waals surface area contributed by atoms with E-state index in [9.17, 15) is 9.59 Å². The summed E-state index contributed by atoms with van der Waals surface area (Å²) in [6, 6.07) is -0.224. The van der Waals surface area contributed by atoms with Gasteiger partial charge < -0.3 is 14.8 Å². The fraction of sp³-hybridized carbons (Fsp3) is 0.778. The van der Waals surface area contributed by atoms with E-state index in [-0.39, 0.29) is 17.7 Å². The smallest absolute Gasteiger partial charge is 0.321 e. The lowest BCUT2D eigenvalue weighted by Crippen LogP contribution is -3.06. The van der Waals surface area contributed by atoms with E-state index in [1.54, 1.807) is 0 Å². The lowest BCUT2D eigenvalue weighted by Gasteiger charge is -2.20. The maximum absolute atomic E-state index is 12.1. The van der Waals surface area contributed by atoms with Gasteiger partial charge in [-0.3, -0.25) is 10.1 Å². The van der Waals surface area contributed by atoms with Crippen LogP contribution in [0.3, 0.4) is 0 Å². The molecule has 1 heterocycles. The van der Waals surface area contributed by atoms with Crippen molar-refractivity contribution >= 4 is 23.7 Å². The first-order chi connectivity index (χ1) is 12.6. The molecular formula is C18H35N6O2S+. The SMILES string of the molecule is CCCCn1c(SCC(=O)NC(=O)NC(C)(C)C)nnc1[C@H](CC)[NH+](C)C. The minimum Gasteiger partial charge on any atom is -0.333 e. The minimum absolute atomic E-state index is 0.118. The first kappa shape index (κ1) is 23.4. The molecule has 1 aromatic rings. The summed E-state index contributed by atoms with van der Waals surface area (Å²) in [7, 11) is 4.22. The second-order valence-electron chi connectivity index (χ2n) is 7.93. The number of thioether (sulfide) groups is 1. The Labute approximate surface area is 166 Å². The van der Waals surface area contributed by atoms with E-state index < -0.39 is 11.6 Å². The monoisotopic (exact) mass is 399 g/mol. The van der Waals surface area contributed by atoms with Crippen LogP contribution in [0.2, 0.25) is 0 Å². The molecule has 0 fully saturated rings. The Hall–Kier alpha value is -1.61. The zero-order valence-electron chi connectivity index (χ0n) is 17.7. The second kappa shape index (κ2) is 10.7. The van der Waals surface area contributed by atoms with Crippen molar-refractivity contribution in [2.45, 2.75) is 77.2 Å². The summed E-state index contributed by atoms with van der Waals surface area (Å²) in [5.74, 6) is 0.728. The first-order valence-electron chi connectivity index (χ1n) is 9.57. The summed E-state index contributed by atoms with van der Waals surface area (Å²) in [5.41, 5.74) is -0.392. The van der Waals surface area contributed by atoms with Crippen LogP contribution in [0.1, 0.15) is 65.7 Å². The number of unbranched alkanes of at least 4 members (excludes halogenated alkanes) is 1. The van der Waals surface area contributed by atoms with Crippen LogP contribution in [0.5, 0.6) is 0 Å². The van der Waals surface area contributed by atoms with E-state index in [0.29, 0.717) is 0 Å². The summed E-state index contributed by atoms with van der Waals surface area (Å²) in [6.45, 7) is 10.7. The molecule has 0 aliphatic carbocycles. The van der Waals surface area contributed by atoms with Gasteiger partial charge in [-0.1, -0.05) is 32.0 Å². The summed E-state index contributed by atoms with van der Waals surface area (Å²) in [6.07, 6.45) is 3.06. The Morgan fingerprint density at radius 3 is 2.41 bits per heavy atom. The molecule has 8 nitrogen and oxygen atoms in total. The molecule has 9 heteroatoms. The molecule has 0 saturated heterocycles. The van der Waals surface area contributed by atoms with Crippen LogP contribution in [0.4, 0.5) is 4.79 Å². The van der Waals surface area contributed by atoms with Crippen LogP contribution in [-0.4, -0.2) is 52.1 Å².